The van der Waals surface area contributed by atoms with Gasteiger partial charge in [0.2, 0.25) is 5.88 Å². The van der Waals surface area contributed by atoms with Gasteiger partial charge in [0.25, 0.3) is 0 Å². The summed E-state index contributed by atoms with van der Waals surface area (Å²) in [5.41, 5.74) is 3.47. The van der Waals surface area contributed by atoms with Crippen molar-refractivity contribution in [3.8, 4) is 17.1 Å². The number of rotatable bonds is 6. The van der Waals surface area contributed by atoms with Crippen LogP contribution in [0, 0.1) is 5.92 Å². The molecular weight excluding hydrogens is 328 g/mol. The first-order chi connectivity index (χ1) is 12.7. The van der Waals surface area contributed by atoms with Crippen LogP contribution in [0.3, 0.4) is 0 Å². The average molecular weight is 354 g/mol. The molecule has 0 bridgehead atoms. The maximum Gasteiger partial charge on any atom is 0.302 e. The van der Waals surface area contributed by atoms with Crippen LogP contribution in [0.1, 0.15) is 56.9 Å². The summed E-state index contributed by atoms with van der Waals surface area (Å²) in [5, 5.41) is 7.31. The first kappa shape index (κ1) is 17.1. The van der Waals surface area contributed by atoms with Gasteiger partial charge in [-0.3, -0.25) is 9.89 Å². The Bertz CT molecular complexity index is 741. The number of hydrogen-bond donors (Lipinski definition) is 1. The van der Waals surface area contributed by atoms with Crippen molar-refractivity contribution in [1.29, 1.82) is 0 Å². The van der Waals surface area contributed by atoms with Crippen LogP contribution in [0.4, 0.5) is 0 Å². The van der Waals surface area contributed by atoms with Gasteiger partial charge in [0.05, 0.1) is 12.3 Å². The van der Waals surface area contributed by atoms with Crippen molar-refractivity contribution in [2.45, 2.75) is 57.5 Å². The predicted molar refractivity (Wildman–Crippen MR) is 99.0 cm³/mol. The highest BCUT2D eigenvalue weighted by Crippen LogP contribution is 2.35. The zero-order chi connectivity index (χ0) is 17.9. The molecule has 0 unspecified atom stereocenters. The van der Waals surface area contributed by atoms with Crippen molar-refractivity contribution in [2.75, 3.05) is 6.61 Å². The van der Waals surface area contributed by atoms with E-state index in [4.69, 9.17) is 9.47 Å². The van der Waals surface area contributed by atoms with E-state index in [-0.39, 0.29) is 12.1 Å². The molecule has 1 aromatic carbocycles. The molecule has 5 nitrogen and oxygen atoms in total. The van der Waals surface area contributed by atoms with E-state index in [1.165, 1.54) is 25.3 Å². The Labute approximate surface area is 154 Å². The monoisotopic (exact) mass is 354 g/mol. The van der Waals surface area contributed by atoms with Crippen LogP contribution in [-0.2, 0) is 9.53 Å². The molecule has 0 aliphatic heterocycles. The van der Waals surface area contributed by atoms with Crippen molar-refractivity contribution < 1.29 is 14.3 Å². The Morgan fingerprint density at radius 1 is 1.12 bits per heavy atom. The van der Waals surface area contributed by atoms with Gasteiger partial charge < -0.3 is 9.47 Å². The number of hydrogen-bond acceptors (Lipinski definition) is 4. The van der Waals surface area contributed by atoms with Crippen molar-refractivity contribution >= 4 is 5.97 Å². The number of esters is 1. The molecule has 2 aliphatic carbocycles. The van der Waals surface area contributed by atoms with Gasteiger partial charge in [0.15, 0.2) is 0 Å². The molecule has 0 saturated heterocycles. The maximum atomic E-state index is 11.1. The van der Waals surface area contributed by atoms with Gasteiger partial charge in [-0.05, 0) is 61.5 Å². The van der Waals surface area contributed by atoms with Gasteiger partial charge in [-0.15, -0.1) is 5.10 Å². The van der Waals surface area contributed by atoms with Crippen LogP contribution in [0.25, 0.3) is 11.3 Å². The number of aromatic nitrogens is 2. The maximum absolute atomic E-state index is 11.1. The molecule has 26 heavy (non-hydrogen) atoms. The molecule has 0 atom stereocenters. The summed E-state index contributed by atoms with van der Waals surface area (Å²) >= 11 is 0. The molecule has 138 valence electrons. The summed E-state index contributed by atoms with van der Waals surface area (Å²) in [4.78, 5) is 11.1. The second-order valence-electron chi connectivity index (χ2n) is 7.58. The minimum absolute atomic E-state index is 0.0991. The van der Waals surface area contributed by atoms with Crippen molar-refractivity contribution in [3.05, 3.63) is 35.9 Å². The van der Waals surface area contributed by atoms with Gasteiger partial charge in [-0.2, -0.15) is 0 Å². The van der Waals surface area contributed by atoms with Gasteiger partial charge in [0, 0.05) is 13.0 Å². The van der Waals surface area contributed by atoms with E-state index in [9.17, 15) is 4.79 Å². The normalized spacial score (nSPS) is 22.8. The minimum Gasteiger partial charge on any atom is -0.476 e. The fourth-order valence-corrected chi connectivity index (χ4v) is 3.70. The number of nitrogens with one attached hydrogen (secondary N) is 1. The first-order valence-corrected chi connectivity index (χ1v) is 9.63. The van der Waals surface area contributed by atoms with E-state index in [2.05, 4.69) is 34.5 Å². The first-order valence-electron chi connectivity index (χ1n) is 9.63. The molecule has 0 spiro atoms. The fraction of sp³-hybridized carbons (Fsp3) is 0.524. The second kappa shape index (κ2) is 7.52. The van der Waals surface area contributed by atoms with Crippen molar-refractivity contribution in [1.82, 2.24) is 10.2 Å². The van der Waals surface area contributed by atoms with Crippen LogP contribution in [0.2, 0.25) is 0 Å². The number of benzene rings is 1. The standard InChI is InChI=1S/C21H26N2O3/c1-14(24)26-19-10-8-17(9-11-19)16-4-6-18(7-5-16)20-12-21(23-22-20)25-13-15-2-3-15/h4-7,12,15,17,19H,2-3,8-11,13H2,1H3,(H,22,23). The van der Waals surface area contributed by atoms with E-state index < -0.39 is 0 Å². The molecule has 0 amide bonds. The summed E-state index contributed by atoms with van der Waals surface area (Å²) in [6, 6.07) is 10.7. The Kier molecular flexibility index (Phi) is 4.96. The summed E-state index contributed by atoms with van der Waals surface area (Å²) in [7, 11) is 0. The number of carbonyl (C=O) groups is 1. The van der Waals surface area contributed by atoms with Crippen LogP contribution < -0.4 is 4.74 Å². The van der Waals surface area contributed by atoms with Gasteiger partial charge in [-0.1, -0.05) is 24.3 Å². The zero-order valence-electron chi connectivity index (χ0n) is 15.2. The lowest BCUT2D eigenvalue weighted by atomic mass is 9.82. The van der Waals surface area contributed by atoms with E-state index in [0.717, 1.165) is 49.5 Å². The Hall–Kier alpha value is -2.30. The van der Waals surface area contributed by atoms with Gasteiger partial charge >= 0.3 is 5.97 Å². The molecule has 2 fully saturated rings. The Morgan fingerprint density at radius 3 is 2.50 bits per heavy atom. The summed E-state index contributed by atoms with van der Waals surface area (Å²) in [5.74, 6) is 1.79. The van der Waals surface area contributed by atoms with Crippen molar-refractivity contribution in [3.63, 3.8) is 0 Å². The number of ether oxygens (including phenoxy) is 2. The molecule has 1 heterocycles. The smallest absolute Gasteiger partial charge is 0.302 e. The van der Waals surface area contributed by atoms with E-state index in [0.29, 0.717) is 11.8 Å². The lowest BCUT2D eigenvalue weighted by Gasteiger charge is -2.28. The molecule has 1 aromatic heterocycles. The largest absolute Gasteiger partial charge is 0.476 e. The molecule has 0 radical (unpaired) electrons. The third-order valence-corrected chi connectivity index (χ3v) is 5.42. The molecular formula is C21H26N2O3. The Morgan fingerprint density at radius 2 is 1.85 bits per heavy atom. The zero-order valence-corrected chi connectivity index (χ0v) is 15.2. The summed E-state index contributed by atoms with van der Waals surface area (Å²) in [6.45, 7) is 2.27. The summed E-state index contributed by atoms with van der Waals surface area (Å²) in [6.07, 6.45) is 6.70. The topological polar surface area (TPSA) is 64.2 Å². The van der Waals surface area contributed by atoms with E-state index >= 15 is 0 Å². The molecule has 1 N–H and O–H groups in total. The number of H-pyrrole nitrogens is 1. The van der Waals surface area contributed by atoms with Crippen LogP contribution >= 0.6 is 0 Å². The average Bonchev–Trinajstić information content (AvgIpc) is 3.36. The highest BCUT2D eigenvalue weighted by Gasteiger charge is 2.24. The number of carbonyl (C=O) groups excluding carboxylic acids is 1. The molecule has 5 heteroatoms. The number of aromatic amines is 1. The van der Waals surface area contributed by atoms with Gasteiger partial charge in [-0.25, -0.2) is 0 Å². The third kappa shape index (κ3) is 4.26. The van der Waals surface area contributed by atoms with E-state index in [1.807, 2.05) is 6.07 Å². The molecule has 2 aliphatic rings. The molecule has 2 aromatic rings. The lowest BCUT2D eigenvalue weighted by Crippen LogP contribution is -2.22. The number of nitrogens with zero attached hydrogens (tertiary/aromatic N) is 1. The lowest BCUT2D eigenvalue weighted by molar-refractivity contribution is -0.147. The molecule has 4 rings (SSSR count). The highest BCUT2D eigenvalue weighted by molar-refractivity contribution is 5.66. The third-order valence-electron chi connectivity index (χ3n) is 5.42. The van der Waals surface area contributed by atoms with Crippen LogP contribution in [0.5, 0.6) is 5.88 Å². The fourth-order valence-electron chi connectivity index (χ4n) is 3.70. The van der Waals surface area contributed by atoms with Crippen LogP contribution in [0.15, 0.2) is 30.3 Å². The molecule has 2 saturated carbocycles. The van der Waals surface area contributed by atoms with E-state index in [1.54, 1.807) is 0 Å². The SMILES string of the molecule is CC(=O)OC1CCC(c2ccc(-c3cc(OCC4CC4)n[nH]3)cc2)CC1. The predicted octanol–water partition coefficient (Wildman–Crippen LogP) is 4.45. The second-order valence-corrected chi connectivity index (χ2v) is 7.58. The highest BCUT2D eigenvalue weighted by atomic mass is 16.5. The minimum atomic E-state index is -0.169. The summed E-state index contributed by atoms with van der Waals surface area (Å²) < 4.78 is 11.0. The van der Waals surface area contributed by atoms with Gasteiger partial charge in [0.1, 0.15) is 6.10 Å². The quantitative estimate of drug-likeness (QED) is 0.778. The Balaban J connectivity index is 1.34. The van der Waals surface area contributed by atoms with Crippen molar-refractivity contribution in [2.24, 2.45) is 5.92 Å². The van der Waals surface area contributed by atoms with Crippen LogP contribution in [-0.4, -0.2) is 28.9 Å².